The standard InChI is InChI=1S/C18H27N3O2.ClH/c1-13(2)17(22)20(4)12-15-5-7-16(8-6-15)18(23)21-10-9-19-14(3)11-21;/h5-8,13-14,19H,9-12H2,1-4H3;1H. The van der Waals surface area contributed by atoms with Crippen LogP contribution < -0.4 is 5.32 Å². The quantitative estimate of drug-likeness (QED) is 0.902. The smallest absolute Gasteiger partial charge is 0.253 e. The number of halogens is 1. The second-order valence-electron chi connectivity index (χ2n) is 6.65. The molecule has 1 fully saturated rings. The average Bonchev–Trinajstić information content (AvgIpc) is 2.54. The highest BCUT2D eigenvalue weighted by Crippen LogP contribution is 2.12. The fourth-order valence-electron chi connectivity index (χ4n) is 2.84. The maximum Gasteiger partial charge on any atom is 0.253 e. The molecule has 0 aliphatic carbocycles. The van der Waals surface area contributed by atoms with E-state index in [1.54, 1.807) is 4.90 Å². The molecule has 24 heavy (non-hydrogen) atoms. The monoisotopic (exact) mass is 353 g/mol. The number of carbonyl (C=O) groups is 2. The van der Waals surface area contributed by atoms with Crippen LogP contribution in [0.15, 0.2) is 24.3 Å². The number of nitrogens with one attached hydrogen (secondary N) is 1. The van der Waals surface area contributed by atoms with Gasteiger partial charge in [0.15, 0.2) is 0 Å². The van der Waals surface area contributed by atoms with Gasteiger partial charge in [0.2, 0.25) is 5.91 Å². The third-order valence-electron chi connectivity index (χ3n) is 4.15. The number of piperazine rings is 1. The molecule has 1 aliphatic heterocycles. The summed E-state index contributed by atoms with van der Waals surface area (Å²) < 4.78 is 0. The Bertz CT molecular complexity index is 560. The molecule has 0 radical (unpaired) electrons. The molecule has 1 aromatic carbocycles. The zero-order valence-corrected chi connectivity index (χ0v) is 15.7. The first-order valence-corrected chi connectivity index (χ1v) is 8.25. The molecular weight excluding hydrogens is 326 g/mol. The number of hydrogen-bond acceptors (Lipinski definition) is 3. The molecule has 1 heterocycles. The third-order valence-corrected chi connectivity index (χ3v) is 4.15. The summed E-state index contributed by atoms with van der Waals surface area (Å²) in [4.78, 5) is 28.0. The molecule has 1 unspecified atom stereocenters. The van der Waals surface area contributed by atoms with Crippen molar-refractivity contribution >= 4 is 24.2 Å². The number of carbonyl (C=O) groups excluding carboxylic acids is 2. The van der Waals surface area contributed by atoms with Crippen LogP contribution in [0.3, 0.4) is 0 Å². The first kappa shape index (κ1) is 20.5. The summed E-state index contributed by atoms with van der Waals surface area (Å²) in [6, 6.07) is 7.92. The van der Waals surface area contributed by atoms with E-state index in [0.29, 0.717) is 18.2 Å². The van der Waals surface area contributed by atoms with E-state index in [4.69, 9.17) is 0 Å². The minimum absolute atomic E-state index is 0. The summed E-state index contributed by atoms with van der Waals surface area (Å²) in [7, 11) is 1.81. The van der Waals surface area contributed by atoms with Crippen molar-refractivity contribution in [1.29, 1.82) is 0 Å². The molecular formula is C18H28ClN3O2. The number of amides is 2. The van der Waals surface area contributed by atoms with Crippen LogP contribution in [-0.4, -0.2) is 54.3 Å². The fraction of sp³-hybridized carbons (Fsp3) is 0.556. The first-order chi connectivity index (χ1) is 10.9. The number of benzene rings is 1. The second-order valence-corrected chi connectivity index (χ2v) is 6.65. The zero-order chi connectivity index (χ0) is 17.0. The molecule has 1 aliphatic rings. The van der Waals surface area contributed by atoms with Gasteiger partial charge in [-0.05, 0) is 24.6 Å². The lowest BCUT2D eigenvalue weighted by molar-refractivity contribution is -0.133. The van der Waals surface area contributed by atoms with Crippen LogP contribution in [0.1, 0.15) is 36.7 Å². The summed E-state index contributed by atoms with van der Waals surface area (Å²) in [6.07, 6.45) is 0. The van der Waals surface area contributed by atoms with E-state index >= 15 is 0 Å². The van der Waals surface area contributed by atoms with Gasteiger partial charge in [0.05, 0.1) is 0 Å². The summed E-state index contributed by atoms with van der Waals surface area (Å²) in [5.41, 5.74) is 1.74. The Hall–Kier alpha value is -1.59. The lowest BCUT2D eigenvalue weighted by atomic mass is 10.1. The van der Waals surface area contributed by atoms with Gasteiger partial charge in [0, 0.05) is 50.7 Å². The largest absolute Gasteiger partial charge is 0.341 e. The Morgan fingerprint density at radius 1 is 1.29 bits per heavy atom. The van der Waals surface area contributed by atoms with Crippen LogP contribution in [0.4, 0.5) is 0 Å². The maximum absolute atomic E-state index is 12.5. The molecule has 1 saturated heterocycles. The molecule has 5 nitrogen and oxygen atoms in total. The fourth-order valence-corrected chi connectivity index (χ4v) is 2.84. The summed E-state index contributed by atoms with van der Waals surface area (Å²) in [6.45, 7) is 8.78. The Labute approximate surface area is 150 Å². The minimum atomic E-state index is -0.00412. The van der Waals surface area contributed by atoms with E-state index in [-0.39, 0.29) is 30.1 Å². The van der Waals surface area contributed by atoms with Gasteiger partial charge in [-0.1, -0.05) is 26.0 Å². The van der Waals surface area contributed by atoms with Gasteiger partial charge in [-0.2, -0.15) is 0 Å². The lowest BCUT2D eigenvalue weighted by Crippen LogP contribution is -2.51. The van der Waals surface area contributed by atoms with Gasteiger partial charge in [-0.3, -0.25) is 9.59 Å². The molecule has 0 spiro atoms. The molecule has 0 saturated carbocycles. The van der Waals surface area contributed by atoms with Gasteiger partial charge in [0.1, 0.15) is 0 Å². The van der Waals surface area contributed by atoms with Crippen LogP contribution in [0.5, 0.6) is 0 Å². The minimum Gasteiger partial charge on any atom is -0.341 e. The molecule has 2 amide bonds. The lowest BCUT2D eigenvalue weighted by Gasteiger charge is -2.32. The van der Waals surface area contributed by atoms with E-state index in [1.807, 2.05) is 50.1 Å². The molecule has 0 aromatic heterocycles. The second kappa shape index (κ2) is 9.04. The Morgan fingerprint density at radius 2 is 1.92 bits per heavy atom. The number of nitrogens with zero attached hydrogens (tertiary/aromatic N) is 2. The van der Waals surface area contributed by atoms with Gasteiger partial charge >= 0.3 is 0 Å². The maximum atomic E-state index is 12.5. The van der Waals surface area contributed by atoms with Gasteiger partial charge in [0.25, 0.3) is 5.91 Å². The molecule has 0 bridgehead atoms. The SMILES string of the molecule is CC1CN(C(=O)c2ccc(CN(C)C(=O)C(C)C)cc2)CCN1.Cl. The Kier molecular flexibility index (Phi) is 7.70. The highest BCUT2D eigenvalue weighted by molar-refractivity contribution is 5.94. The third kappa shape index (κ3) is 5.21. The molecule has 1 aromatic rings. The van der Waals surface area contributed by atoms with Crippen molar-refractivity contribution in [2.75, 3.05) is 26.7 Å². The first-order valence-electron chi connectivity index (χ1n) is 8.25. The molecule has 134 valence electrons. The number of hydrogen-bond donors (Lipinski definition) is 1. The topological polar surface area (TPSA) is 52.7 Å². The van der Waals surface area contributed by atoms with E-state index in [1.165, 1.54) is 0 Å². The predicted octanol–water partition coefficient (Wildman–Crippen LogP) is 2.16. The van der Waals surface area contributed by atoms with Gasteiger partial charge in [-0.15, -0.1) is 12.4 Å². The van der Waals surface area contributed by atoms with Crippen molar-refractivity contribution in [3.8, 4) is 0 Å². The average molecular weight is 354 g/mol. The van der Waals surface area contributed by atoms with E-state index in [9.17, 15) is 9.59 Å². The van der Waals surface area contributed by atoms with Crippen molar-refractivity contribution < 1.29 is 9.59 Å². The van der Waals surface area contributed by atoms with Crippen molar-refractivity contribution in [1.82, 2.24) is 15.1 Å². The van der Waals surface area contributed by atoms with Crippen molar-refractivity contribution in [3.05, 3.63) is 35.4 Å². The highest BCUT2D eigenvalue weighted by Gasteiger charge is 2.21. The number of rotatable bonds is 4. The zero-order valence-electron chi connectivity index (χ0n) is 14.9. The normalized spacial score (nSPS) is 17.4. The van der Waals surface area contributed by atoms with Crippen LogP contribution in [0.25, 0.3) is 0 Å². The van der Waals surface area contributed by atoms with Gasteiger partial charge < -0.3 is 15.1 Å². The van der Waals surface area contributed by atoms with Gasteiger partial charge in [-0.25, -0.2) is 0 Å². The van der Waals surface area contributed by atoms with Crippen LogP contribution >= 0.6 is 12.4 Å². The molecule has 1 atom stereocenters. The summed E-state index contributed by atoms with van der Waals surface area (Å²) in [5.74, 6) is 0.201. The van der Waals surface area contributed by atoms with E-state index in [2.05, 4.69) is 12.2 Å². The molecule has 2 rings (SSSR count). The Balaban J connectivity index is 0.00000288. The van der Waals surface area contributed by atoms with E-state index < -0.39 is 0 Å². The predicted molar refractivity (Wildman–Crippen MR) is 98.4 cm³/mol. The highest BCUT2D eigenvalue weighted by atomic mass is 35.5. The summed E-state index contributed by atoms with van der Waals surface area (Å²) >= 11 is 0. The van der Waals surface area contributed by atoms with Crippen LogP contribution in [-0.2, 0) is 11.3 Å². The van der Waals surface area contributed by atoms with Crippen molar-refractivity contribution in [2.24, 2.45) is 5.92 Å². The summed E-state index contributed by atoms with van der Waals surface area (Å²) in [5, 5.41) is 3.34. The van der Waals surface area contributed by atoms with Crippen molar-refractivity contribution in [2.45, 2.75) is 33.4 Å². The van der Waals surface area contributed by atoms with Crippen molar-refractivity contribution in [3.63, 3.8) is 0 Å². The van der Waals surface area contributed by atoms with Crippen LogP contribution in [0.2, 0.25) is 0 Å². The van der Waals surface area contributed by atoms with E-state index in [0.717, 1.165) is 25.2 Å². The Morgan fingerprint density at radius 3 is 2.46 bits per heavy atom. The van der Waals surface area contributed by atoms with Crippen LogP contribution in [0, 0.1) is 5.92 Å². The molecule has 6 heteroatoms. The molecule has 1 N–H and O–H groups in total.